The third-order valence-electron chi connectivity index (χ3n) is 4.06. The van der Waals surface area contributed by atoms with Crippen LogP contribution in [0.2, 0.25) is 0 Å². The first-order chi connectivity index (χ1) is 11.9. The Morgan fingerprint density at radius 2 is 1.72 bits per heavy atom. The van der Waals surface area contributed by atoms with Gasteiger partial charge in [-0.15, -0.1) is 0 Å². The molecule has 2 aromatic carbocycles. The molecule has 0 unspecified atom stereocenters. The molecular weight excluding hydrogens is 431 g/mol. The zero-order chi connectivity index (χ0) is 18.1. The van der Waals surface area contributed by atoms with Crippen molar-refractivity contribution >= 4 is 52.2 Å². The van der Waals surface area contributed by atoms with E-state index >= 15 is 0 Å². The van der Waals surface area contributed by atoms with Gasteiger partial charge in [0.2, 0.25) is 0 Å². The summed E-state index contributed by atoms with van der Waals surface area (Å²) in [6.07, 6.45) is 1.51. The van der Waals surface area contributed by atoms with E-state index in [1.807, 2.05) is 44.2 Å². The first kappa shape index (κ1) is 17.3. The van der Waals surface area contributed by atoms with Gasteiger partial charge in [-0.1, -0.05) is 24.3 Å². The maximum absolute atomic E-state index is 12.8. The summed E-state index contributed by atoms with van der Waals surface area (Å²) in [5.41, 5.74) is 3.13. The number of carbonyl (C=O) groups is 3. The van der Waals surface area contributed by atoms with Crippen LogP contribution in [-0.2, 0) is 9.59 Å². The van der Waals surface area contributed by atoms with Crippen LogP contribution in [0.4, 0.5) is 10.5 Å². The highest BCUT2D eigenvalue weighted by Gasteiger charge is 2.36. The van der Waals surface area contributed by atoms with Crippen LogP contribution in [0.25, 0.3) is 6.08 Å². The lowest BCUT2D eigenvalue weighted by molar-refractivity contribution is -0.122. The summed E-state index contributed by atoms with van der Waals surface area (Å²) in [6.45, 7) is 3.85. The number of carbonyl (C=O) groups excluding carboxylic acids is 3. The first-order valence-electron chi connectivity index (χ1n) is 7.61. The van der Waals surface area contributed by atoms with Gasteiger partial charge in [-0.05, 0) is 77.4 Å². The predicted molar refractivity (Wildman–Crippen MR) is 104 cm³/mol. The van der Waals surface area contributed by atoms with Crippen molar-refractivity contribution in [2.75, 3.05) is 4.90 Å². The molecule has 0 aliphatic carbocycles. The van der Waals surface area contributed by atoms with Crippen molar-refractivity contribution in [3.8, 4) is 0 Å². The Kier molecular flexibility index (Phi) is 4.71. The largest absolute Gasteiger partial charge is 0.335 e. The summed E-state index contributed by atoms with van der Waals surface area (Å²) in [5, 5.41) is 2.24. The van der Waals surface area contributed by atoms with Crippen LogP contribution in [0.3, 0.4) is 0 Å². The lowest BCUT2D eigenvalue weighted by Crippen LogP contribution is -2.54. The van der Waals surface area contributed by atoms with Gasteiger partial charge in [-0.3, -0.25) is 14.9 Å². The standard InChI is InChI=1S/C19H15IN2O3/c1-11-7-8-14(9-12(11)2)22-18(24)15(17(23)21-19(22)25)10-13-5-3-4-6-16(13)20/h3-10H,1-2H3,(H,21,23,25). The van der Waals surface area contributed by atoms with Crippen LogP contribution in [0, 0.1) is 17.4 Å². The fraction of sp³-hybridized carbons (Fsp3) is 0.105. The number of halogens is 1. The number of amides is 4. The highest BCUT2D eigenvalue weighted by molar-refractivity contribution is 14.1. The average Bonchev–Trinajstić information content (AvgIpc) is 2.56. The van der Waals surface area contributed by atoms with Gasteiger partial charge in [-0.25, -0.2) is 9.69 Å². The van der Waals surface area contributed by atoms with Gasteiger partial charge in [-0.2, -0.15) is 0 Å². The Morgan fingerprint density at radius 3 is 2.40 bits per heavy atom. The molecule has 4 amide bonds. The summed E-state index contributed by atoms with van der Waals surface area (Å²) >= 11 is 2.13. The highest BCUT2D eigenvalue weighted by Crippen LogP contribution is 2.25. The van der Waals surface area contributed by atoms with Gasteiger partial charge < -0.3 is 0 Å². The zero-order valence-electron chi connectivity index (χ0n) is 13.7. The second kappa shape index (κ2) is 6.79. The zero-order valence-corrected chi connectivity index (χ0v) is 15.8. The minimum absolute atomic E-state index is 0.0676. The normalized spacial score (nSPS) is 16.4. The molecule has 1 heterocycles. The van der Waals surface area contributed by atoms with Gasteiger partial charge in [0.1, 0.15) is 5.57 Å². The summed E-state index contributed by atoms with van der Waals surface area (Å²) < 4.78 is 0.905. The third kappa shape index (κ3) is 3.34. The molecule has 6 heteroatoms. The number of rotatable bonds is 2. The number of benzene rings is 2. The molecule has 0 radical (unpaired) electrons. The molecule has 2 aromatic rings. The van der Waals surface area contributed by atoms with Crippen LogP contribution in [0.1, 0.15) is 16.7 Å². The van der Waals surface area contributed by atoms with Gasteiger partial charge in [0, 0.05) is 3.57 Å². The molecule has 1 fully saturated rings. The van der Waals surface area contributed by atoms with Gasteiger partial charge >= 0.3 is 6.03 Å². The predicted octanol–water partition coefficient (Wildman–Crippen LogP) is 3.57. The van der Waals surface area contributed by atoms with Crippen LogP contribution in [0.5, 0.6) is 0 Å². The van der Waals surface area contributed by atoms with E-state index in [0.29, 0.717) is 5.69 Å². The molecule has 1 aliphatic rings. The molecule has 1 N–H and O–H groups in total. The lowest BCUT2D eigenvalue weighted by atomic mass is 10.1. The number of hydrogen-bond donors (Lipinski definition) is 1. The number of urea groups is 1. The van der Waals surface area contributed by atoms with Crippen molar-refractivity contribution in [3.63, 3.8) is 0 Å². The molecule has 0 atom stereocenters. The summed E-state index contributed by atoms with van der Waals surface area (Å²) in [5.74, 6) is -1.31. The molecule has 0 aromatic heterocycles. The second-order valence-corrected chi connectivity index (χ2v) is 6.91. The quantitative estimate of drug-likeness (QED) is 0.436. The van der Waals surface area contributed by atoms with E-state index in [1.165, 1.54) is 6.08 Å². The number of imide groups is 2. The molecule has 126 valence electrons. The van der Waals surface area contributed by atoms with Gasteiger partial charge in [0.15, 0.2) is 0 Å². The van der Waals surface area contributed by atoms with E-state index in [1.54, 1.807) is 12.1 Å². The van der Waals surface area contributed by atoms with E-state index in [9.17, 15) is 14.4 Å². The minimum atomic E-state index is -0.738. The van der Waals surface area contributed by atoms with Crippen LogP contribution >= 0.6 is 22.6 Å². The van der Waals surface area contributed by atoms with E-state index in [2.05, 4.69) is 27.9 Å². The molecule has 5 nitrogen and oxygen atoms in total. The minimum Gasteiger partial charge on any atom is -0.273 e. The van der Waals surface area contributed by atoms with Gasteiger partial charge in [0.05, 0.1) is 5.69 Å². The van der Waals surface area contributed by atoms with Crippen molar-refractivity contribution in [1.29, 1.82) is 0 Å². The van der Waals surface area contributed by atoms with Crippen molar-refractivity contribution in [1.82, 2.24) is 5.32 Å². The van der Waals surface area contributed by atoms with E-state index in [0.717, 1.165) is 25.2 Å². The van der Waals surface area contributed by atoms with E-state index < -0.39 is 17.8 Å². The highest BCUT2D eigenvalue weighted by atomic mass is 127. The van der Waals surface area contributed by atoms with Gasteiger partial charge in [0.25, 0.3) is 11.8 Å². The topological polar surface area (TPSA) is 66.5 Å². The first-order valence-corrected chi connectivity index (χ1v) is 8.69. The van der Waals surface area contributed by atoms with Crippen molar-refractivity contribution in [3.05, 3.63) is 68.3 Å². The van der Waals surface area contributed by atoms with Crippen LogP contribution in [0.15, 0.2) is 48.0 Å². The number of anilines is 1. The molecule has 1 saturated heterocycles. The lowest BCUT2D eigenvalue weighted by Gasteiger charge is -2.27. The number of aryl methyl sites for hydroxylation is 2. The number of barbiturate groups is 1. The smallest absolute Gasteiger partial charge is 0.273 e. The summed E-state index contributed by atoms with van der Waals surface area (Å²) in [7, 11) is 0. The Morgan fingerprint density at radius 1 is 1.00 bits per heavy atom. The monoisotopic (exact) mass is 446 g/mol. The fourth-order valence-electron chi connectivity index (χ4n) is 2.50. The van der Waals surface area contributed by atoms with E-state index in [-0.39, 0.29) is 5.57 Å². The Bertz CT molecular complexity index is 934. The van der Waals surface area contributed by atoms with E-state index in [4.69, 9.17) is 0 Å². The van der Waals surface area contributed by atoms with Crippen LogP contribution < -0.4 is 10.2 Å². The molecule has 3 rings (SSSR count). The third-order valence-corrected chi connectivity index (χ3v) is 5.04. The number of nitrogens with zero attached hydrogens (tertiary/aromatic N) is 1. The number of nitrogens with one attached hydrogen (secondary N) is 1. The van der Waals surface area contributed by atoms with Crippen molar-refractivity contribution in [2.24, 2.45) is 0 Å². The molecular formula is C19H15IN2O3. The summed E-state index contributed by atoms with van der Waals surface area (Å²) in [4.78, 5) is 38.2. The Labute approximate surface area is 158 Å². The average molecular weight is 446 g/mol. The Hall–Kier alpha value is -2.48. The van der Waals surface area contributed by atoms with Crippen molar-refractivity contribution in [2.45, 2.75) is 13.8 Å². The maximum atomic E-state index is 12.8. The fourth-order valence-corrected chi connectivity index (χ4v) is 3.05. The molecule has 0 spiro atoms. The maximum Gasteiger partial charge on any atom is 0.335 e. The molecule has 1 aliphatic heterocycles. The Balaban J connectivity index is 2.05. The number of hydrogen-bond acceptors (Lipinski definition) is 3. The summed E-state index contributed by atoms with van der Waals surface area (Å²) in [6, 6.07) is 11.9. The second-order valence-electron chi connectivity index (χ2n) is 5.75. The molecule has 0 saturated carbocycles. The SMILES string of the molecule is Cc1ccc(N2C(=O)NC(=O)C(=Cc3ccccc3I)C2=O)cc1C. The van der Waals surface area contributed by atoms with Crippen molar-refractivity contribution < 1.29 is 14.4 Å². The molecule has 0 bridgehead atoms. The van der Waals surface area contributed by atoms with Crippen LogP contribution in [-0.4, -0.2) is 17.8 Å². The molecule has 25 heavy (non-hydrogen) atoms.